The van der Waals surface area contributed by atoms with Gasteiger partial charge in [0.05, 0.1) is 10.6 Å². The molecule has 0 saturated heterocycles. The minimum absolute atomic E-state index is 0.270. The SMILES string of the molecule is CCCc1ccc(OC2=CC(c3nn[nH]n3)N(c3ccc(Cl)c(C(F)(F)F)c3)C=C2)cc1. The van der Waals surface area contributed by atoms with Gasteiger partial charge < -0.3 is 9.64 Å². The van der Waals surface area contributed by atoms with E-state index in [2.05, 4.69) is 27.5 Å². The number of benzene rings is 2. The molecule has 10 heteroatoms. The molecule has 1 aromatic heterocycles. The monoisotopic (exact) mass is 461 g/mol. The van der Waals surface area contributed by atoms with Gasteiger partial charge in [0.2, 0.25) is 5.82 Å². The predicted molar refractivity (Wildman–Crippen MR) is 114 cm³/mol. The van der Waals surface area contributed by atoms with Crippen LogP contribution in [-0.2, 0) is 12.6 Å². The number of rotatable bonds is 6. The van der Waals surface area contributed by atoms with Crippen molar-refractivity contribution in [3.63, 3.8) is 0 Å². The third-order valence-electron chi connectivity index (χ3n) is 4.90. The summed E-state index contributed by atoms with van der Waals surface area (Å²) in [5.74, 6) is 1.42. The number of ether oxygens (including phenoxy) is 1. The molecule has 0 radical (unpaired) electrons. The number of nitrogens with one attached hydrogen (secondary N) is 1. The molecule has 0 bridgehead atoms. The van der Waals surface area contributed by atoms with Crippen molar-refractivity contribution in [2.45, 2.75) is 32.0 Å². The number of hydrogen-bond acceptors (Lipinski definition) is 5. The van der Waals surface area contributed by atoms with Crippen LogP contribution in [-0.4, -0.2) is 20.6 Å². The number of anilines is 1. The number of allylic oxidation sites excluding steroid dienone is 1. The number of nitrogens with zero attached hydrogens (tertiary/aromatic N) is 4. The number of halogens is 4. The van der Waals surface area contributed by atoms with Gasteiger partial charge in [0.25, 0.3) is 0 Å². The van der Waals surface area contributed by atoms with Gasteiger partial charge in [-0.05, 0) is 54.5 Å². The molecule has 0 aliphatic carbocycles. The fraction of sp³-hybridized carbons (Fsp3) is 0.227. The Bertz CT molecular complexity index is 1130. The Hall–Kier alpha value is -3.33. The van der Waals surface area contributed by atoms with Crippen LogP contribution < -0.4 is 9.64 Å². The number of H-pyrrole nitrogens is 1. The molecule has 2 heterocycles. The Morgan fingerprint density at radius 1 is 1.16 bits per heavy atom. The largest absolute Gasteiger partial charge is 0.458 e. The molecule has 4 rings (SSSR count). The Morgan fingerprint density at radius 2 is 1.94 bits per heavy atom. The van der Waals surface area contributed by atoms with Crippen LogP contribution in [0.2, 0.25) is 5.02 Å². The van der Waals surface area contributed by atoms with Crippen LogP contribution in [0.25, 0.3) is 0 Å². The molecular weight excluding hydrogens is 443 g/mol. The van der Waals surface area contributed by atoms with Crippen molar-refractivity contribution >= 4 is 17.3 Å². The zero-order valence-corrected chi connectivity index (χ0v) is 17.7. The van der Waals surface area contributed by atoms with E-state index >= 15 is 0 Å². The van der Waals surface area contributed by atoms with Gasteiger partial charge in [-0.15, -0.1) is 10.2 Å². The fourth-order valence-electron chi connectivity index (χ4n) is 3.39. The second kappa shape index (κ2) is 9.04. The summed E-state index contributed by atoms with van der Waals surface area (Å²) in [5.41, 5.74) is 0.564. The standard InChI is InChI=1S/C22H19ClF3N5O/c1-2-3-14-4-7-16(8-5-14)32-17-10-11-31(20(13-17)21-27-29-30-28-21)15-6-9-19(23)18(12-15)22(24,25)26/h4-13,20H,2-3H2,1H3,(H,27,28,29,30). The van der Waals surface area contributed by atoms with E-state index in [4.69, 9.17) is 16.3 Å². The first-order chi connectivity index (χ1) is 15.3. The molecule has 1 unspecified atom stereocenters. The average Bonchev–Trinajstić information content (AvgIpc) is 3.30. The van der Waals surface area contributed by atoms with Gasteiger partial charge in [0.1, 0.15) is 17.6 Å². The summed E-state index contributed by atoms with van der Waals surface area (Å²) < 4.78 is 46.0. The Labute approximate surface area is 187 Å². The molecule has 1 atom stereocenters. The van der Waals surface area contributed by atoms with Crippen LogP contribution in [0.3, 0.4) is 0 Å². The normalized spacial score (nSPS) is 16.2. The maximum atomic E-state index is 13.4. The van der Waals surface area contributed by atoms with E-state index < -0.39 is 17.8 Å². The number of tetrazole rings is 1. The van der Waals surface area contributed by atoms with E-state index in [1.165, 1.54) is 17.7 Å². The summed E-state index contributed by atoms with van der Waals surface area (Å²) in [7, 11) is 0. The zero-order chi connectivity index (χ0) is 22.7. The van der Waals surface area contributed by atoms with Crippen molar-refractivity contribution < 1.29 is 17.9 Å². The molecule has 6 nitrogen and oxygen atoms in total. The number of aromatic amines is 1. The van der Waals surface area contributed by atoms with Gasteiger partial charge in [0.15, 0.2) is 0 Å². The lowest BCUT2D eigenvalue weighted by Crippen LogP contribution is -2.26. The molecule has 1 aliphatic heterocycles. The molecule has 166 valence electrons. The second-order valence-corrected chi connectivity index (χ2v) is 7.57. The van der Waals surface area contributed by atoms with Gasteiger partial charge in [-0.25, -0.2) is 0 Å². The molecule has 3 aromatic rings. The summed E-state index contributed by atoms with van der Waals surface area (Å²) in [6.45, 7) is 2.12. The van der Waals surface area contributed by atoms with Gasteiger partial charge >= 0.3 is 6.18 Å². The third kappa shape index (κ3) is 4.77. The Morgan fingerprint density at radius 3 is 2.59 bits per heavy atom. The highest BCUT2D eigenvalue weighted by Crippen LogP contribution is 2.39. The van der Waals surface area contributed by atoms with Gasteiger partial charge in [-0.2, -0.15) is 18.4 Å². The van der Waals surface area contributed by atoms with Crippen molar-refractivity contribution in [3.05, 3.63) is 88.5 Å². The number of aryl methyl sites for hydroxylation is 1. The molecule has 1 aliphatic rings. The quantitative estimate of drug-likeness (QED) is 0.498. The molecule has 0 fully saturated rings. The van der Waals surface area contributed by atoms with Crippen molar-refractivity contribution in [2.24, 2.45) is 0 Å². The van der Waals surface area contributed by atoms with E-state index in [0.29, 0.717) is 11.5 Å². The van der Waals surface area contributed by atoms with Gasteiger partial charge in [-0.3, -0.25) is 0 Å². The molecule has 0 saturated carbocycles. The number of aromatic nitrogens is 4. The summed E-state index contributed by atoms with van der Waals surface area (Å²) in [6.07, 6.45) is 2.45. The molecule has 0 spiro atoms. The van der Waals surface area contributed by atoms with E-state index in [-0.39, 0.29) is 16.5 Å². The van der Waals surface area contributed by atoms with E-state index in [1.807, 2.05) is 24.3 Å². The average molecular weight is 462 g/mol. The first-order valence-corrected chi connectivity index (χ1v) is 10.3. The second-order valence-electron chi connectivity index (χ2n) is 7.16. The maximum absolute atomic E-state index is 13.4. The molecule has 2 aromatic carbocycles. The third-order valence-corrected chi connectivity index (χ3v) is 5.23. The number of hydrogen-bond donors (Lipinski definition) is 1. The highest BCUT2D eigenvalue weighted by atomic mass is 35.5. The first-order valence-electron chi connectivity index (χ1n) is 9.90. The van der Waals surface area contributed by atoms with Crippen LogP contribution in [0.5, 0.6) is 5.75 Å². The van der Waals surface area contributed by atoms with Crippen LogP contribution in [0.1, 0.15) is 36.3 Å². The summed E-state index contributed by atoms with van der Waals surface area (Å²) in [4.78, 5) is 1.59. The van der Waals surface area contributed by atoms with E-state index in [9.17, 15) is 13.2 Å². The van der Waals surface area contributed by atoms with Gasteiger partial charge in [-0.1, -0.05) is 42.3 Å². The maximum Gasteiger partial charge on any atom is 0.417 e. The topological polar surface area (TPSA) is 66.9 Å². The number of alkyl halides is 3. The van der Waals surface area contributed by atoms with Crippen molar-refractivity contribution in [1.29, 1.82) is 0 Å². The lowest BCUT2D eigenvalue weighted by molar-refractivity contribution is -0.137. The van der Waals surface area contributed by atoms with Crippen LogP contribution in [0, 0.1) is 0 Å². The van der Waals surface area contributed by atoms with Gasteiger partial charge in [0, 0.05) is 11.9 Å². The minimum Gasteiger partial charge on any atom is -0.458 e. The Balaban J connectivity index is 1.64. The summed E-state index contributed by atoms with van der Waals surface area (Å²) in [6, 6.07) is 10.8. The fourth-order valence-corrected chi connectivity index (χ4v) is 3.61. The van der Waals surface area contributed by atoms with Crippen molar-refractivity contribution in [1.82, 2.24) is 20.6 Å². The predicted octanol–water partition coefficient (Wildman–Crippen LogP) is 5.86. The minimum atomic E-state index is -4.58. The lowest BCUT2D eigenvalue weighted by atomic mass is 10.1. The summed E-state index contributed by atoms with van der Waals surface area (Å²) >= 11 is 5.77. The molecule has 1 N–H and O–H groups in total. The van der Waals surface area contributed by atoms with Crippen LogP contribution >= 0.6 is 11.6 Å². The van der Waals surface area contributed by atoms with Crippen molar-refractivity contribution in [2.75, 3.05) is 4.90 Å². The van der Waals surface area contributed by atoms with Crippen LogP contribution in [0.4, 0.5) is 18.9 Å². The summed E-state index contributed by atoms with van der Waals surface area (Å²) in [5, 5.41) is 13.6. The smallest absolute Gasteiger partial charge is 0.417 e. The molecule has 32 heavy (non-hydrogen) atoms. The van der Waals surface area contributed by atoms with Crippen LogP contribution in [0.15, 0.2) is 66.6 Å². The van der Waals surface area contributed by atoms with Crippen molar-refractivity contribution in [3.8, 4) is 5.75 Å². The first kappa shape index (κ1) is 21.9. The van der Waals surface area contributed by atoms with E-state index in [1.54, 1.807) is 23.3 Å². The molecule has 0 amide bonds. The zero-order valence-electron chi connectivity index (χ0n) is 17.0. The Kier molecular flexibility index (Phi) is 6.18. The highest BCUT2D eigenvalue weighted by molar-refractivity contribution is 6.31. The van der Waals surface area contributed by atoms with E-state index in [0.717, 1.165) is 18.9 Å². The molecular formula is C22H19ClF3N5O. The lowest BCUT2D eigenvalue weighted by Gasteiger charge is -2.30. The highest BCUT2D eigenvalue weighted by Gasteiger charge is 2.34.